The highest BCUT2D eigenvalue weighted by molar-refractivity contribution is 7.07. The van der Waals surface area contributed by atoms with Gasteiger partial charge < -0.3 is 10.1 Å². The summed E-state index contributed by atoms with van der Waals surface area (Å²) in [7, 11) is 0. The van der Waals surface area contributed by atoms with Crippen LogP contribution in [0.5, 0.6) is 5.88 Å². The van der Waals surface area contributed by atoms with E-state index in [-0.39, 0.29) is 6.10 Å². The summed E-state index contributed by atoms with van der Waals surface area (Å²) < 4.78 is 5.58. The summed E-state index contributed by atoms with van der Waals surface area (Å²) in [5.41, 5.74) is 2.13. The second-order valence-electron chi connectivity index (χ2n) is 4.32. The normalized spacial score (nSPS) is 10.7. The Labute approximate surface area is 111 Å². The monoisotopic (exact) mass is 263 g/mol. The molecule has 0 radical (unpaired) electrons. The molecule has 0 bridgehead atoms. The van der Waals surface area contributed by atoms with E-state index >= 15 is 0 Å². The van der Waals surface area contributed by atoms with Crippen molar-refractivity contribution in [2.24, 2.45) is 0 Å². The van der Waals surface area contributed by atoms with E-state index in [1.807, 2.05) is 26.8 Å². The number of nitrogens with zero attached hydrogens (tertiary/aromatic N) is 2. The average Bonchev–Trinajstić information content (AvgIpc) is 2.77. The summed E-state index contributed by atoms with van der Waals surface area (Å²) in [6, 6.07) is 3.93. The molecule has 2 heterocycles. The van der Waals surface area contributed by atoms with Crippen molar-refractivity contribution in [3.8, 4) is 5.88 Å². The molecule has 2 aromatic rings. The molecule has 2 rings (SSSR count). The smallest absolute Gasteiger partial charge is 0.226 e. The van der Waals surface area contributed by atoms with Crippen LogP contribution in [0, 0.1) is 6.92 Å². The summed E-state index contributed by atoms with van der Waals surface area (Å²) in [6.45, 7) is 6.63. The highest BCUT2D eigenvalue weighted by Crippen LogP contribution is 2.14. The van der Waals surface area contributed by atoms with Crippen LogP contribution >= 0.6 is 11.3 Å². The first-order valence-electron chi connectivity index (χ1n) is 5.91. The minimum atomic E-state index is 0.115. The first kappa shape index (κ1) is 12.8. The Morgan fingerprint density at radius 3 is 2.89 bits per heavy atom. The summed E-state index contributed by atoms with van der Waals surface area (Å²) in [5.74, 6) is 1.22. The molecule has 0 aliphatic heterocycles. The van der Waals surface area contributed by atoms with Crippen molar-refractivity contribution in [1.29, 1.82) is 0 Å². The molecule has 0 amide bonds. The topological polar surface area (TPSA) is 47.0 Å². The molecule has 0 unspecified atom stereocenters. The van der Waals surface area contributed by atoms with Crippen LogP contribution in [0.4, 0.5) is 5.95 Å². The molecule has 1 N–H and O–H groups in total. The van der Waals surface area contributed by atoms with Crippen LogP contribution in [0.2, 0.25) is 0 Å². The lowest BCUT2D eigenvalue weighted by molar-refractivity contribution is 0.232. The Balaban J connectivity index is 2.05. The molecule has 0 aromatic carbocycles. The van der Waals surface area contributed by atoms with Gasteiger partial charge in [0.15, 0.2) is 0 Å². The third-order valence-electron chi connectivity index (χ3n) is 2.22. The van der Waals surface area contributed by atoms with Crippen LogP contribution in [0.3, 0.4) is 0 Å². The van der Waals surface area contributed by atoms with Gasteiger partial charge in [-0.2, -0.15) is 16.3 Å². The molecule has 0 fully saturated rings. The molecular formula is C13H17N3OS. The molecule has 4 nitrogen and oxygen atoms in total. The fraction of sp³-hybridized carbons (Fsp3) is 0.385. The zero-order valence-corrected chi connectivity index (χ0v) is 11.6. The van der Waals surface area contributed by atoms with Crippen LogP contribution in [-0.2, 0) is 6.54 Å². The second-order valence-corrected chi connectivity index (χ2v) is 5.10. The quantitative estimate of drug-likeness (QED) is 0.899. The van der Waals surface area contributed by atoms with Crippen molar-refractivity contribution in [3.05, 3.63) is 34.2 Å². The molecule has 0 saturated heterocycles. The summed E-state index contributed by atoms with van der Waals surface area (Å²) in [5, 5.41) is 7.37. The number of thiophene rings is 1. The molecule has 0 spiro atoms. The summed E-state index contributed by atoms with van der Waals surface area (Å²) >= 11 is 1.68. The van der Waals surface area contributed by atoms with E-state index in [9.17, 15) is 0 Å². The zero-order chi connectivity index (χ0) is 13.0. The van der Waals surface area contributed by atoms with Gasteiger partial charge in [-0.1, -0.05) is 0 Å². The molecule has 0 saturated carbocycles. The van der Waals surface area contributed by atoms with E-state index in [1.54, 1.807) is 11.3 Å². The van der Waals surface area contributed by atoms with Gasteiger partial charge in [0.2, 0.25) is 11.8 Å². The average molecular weight is 263 g/mol. The van der Waals surface area contributed by atoms with Crippen LogP contribution in [0.25, 0.3) is 0 Å². The van der Waals surface area contributed by atoms with Gasteiger partial charge in [-0.15, -0.1) is 0 Å². The molecule has 0 aliphatic carbocycles. The Bertz CT molecular complexity index is 497. The molecular weight excluding hydrogens is 246 g/mol. The maximum atomic E-state index is 5.58. The van der Waals surface area contributed by atoms with E-state index < -0.39 is 0 Å². The molecule has 96 valence electrons. The minimum absolute atomic E-state index is 0.115. The van der Waals surface area contributed by atoms with E-state index in [4.69, 9.17) is 4.74 Å². The van der Waals surface area contributed by atoms with Gasteiger partial charge in [0.05, 0.1) is 6.10 Å². The number of aryl methyl sites for hydroxylation is 1. The Morgan fingerprint density at radius 2 is 2.22 bits per heavy atom. The van der Waals surface area contributed by atoms with Crippen LogP contribution in [0.15, 0.2) is 22.9 Å². The standard InChI is InChI=1S/C13H17N3OS/c1-9(2)17-12-6-10(3)15-13(16-12)14-7-11-4-5-18-8-11/h4-6,8-9H,7H2,1-3H3,(H,14,15,16). The SMILES string of the molecule is Cc1cc(OC(C)C)nc(NCc2ccsc2)n1. The Kier molecular flexibility index (Phi) is 4.15. The molecule has 5 heteroatoms. The highest BCUT2D eigenvalue weighted by atomic mass is 32.1. The summed E-state index contributed by atoms with van der Waals surface area (Å²) in [6.07, 6.45) is 0.115. The van der Waals surface area contributed by atoms with E-state index in [0.29, 0.717) is 11.8 Å². The lowest BCUT2D eigenvalue weighted by Crippen LogP contribution is -2.10. The van der Waals surface area contributed by atoms with Crippen LogP contribution < -0.4 is 10.1 Å². The van der Waals surface area contributed by atoms with E-state index in [1.165, 1.54) is 5.56 Å². The molecule has 0 atom stereocenters. The molecule has 2 aromatic heterocycles. The molecule has 0 aliphatic rings. The van der Waals surface area contributed by atoms with Gasteiger partial charge in [0.25, 0.3) is 0 Å². The number of ether oxygens (including phenoxy) is 1. The predicted octanol–water partition coefficient (Wildman–Crippen LogP) is 3.25. The predicted molar refractivity (Wildman–Crippen MR) is 74.2 cm³/mol. The zero-order valence-electron chi connectivity index (χ0n) is 10.8. The van der Waals surface area contributed by atoms with Gasteiger partial charge >= 0.3 is 0 Å². The van der Waals surface area contributed by atoms with Gasteiger partial charge in [-0.05, 0) is 43.2 Å². The molecule has 18 heavy (non-hydrogen) atoms. The maximum Gasteiger partial charge on any atom is 0.226 e. The lowest BCUT2D eigenvalue weighted by atomic mass is 10.3. The van der Waals surface area contributed by atoms with Crippen LogP contribution in [0.1, 0.15) is 25.1 Å². The first-order valence-corrected chi connectivity index (χ1v) is 6.85. The fourth-order valence-electron chi connectivity index (χ4n) is 1.49. The maximum absolute atomic E-state index is 5.58. The van der Waals surface area contributed by atoms with Crippen molar-refractivity contribution >= 4 is 17.3 Å². The van der Waals surface area contributed by atoms with Crippen molar-refractivity contribution < 1.29 is 4.74 Å². The fourth-order valence-corrected chi connectivity index (χ4v) is 2.16. The van der Waals surface area contributed by atoms with Crippen LogP contribution in [-0.4, -0.2) is 16.1 Å². The van der Waals surface area contributed by atoms with Gasteiger partial charge in [-0.3, -0.25) is 0 Å². The van der Waals surface area contributed by atoms with Gasteiger partial charge in [-0.25, -0.2) is 4.98 Å². The number of anilines is 1. The Hall–Kier alpha value is -1.62. The van der Waals surface area contributed by atoms with Gasteiger partial charge in [0.1, 0.15) is 0 Å². The minimum Gasteiger partial charge on any atom is -0.475 e. The van der Waals surface area contributed by atoms with E-state index in [0.717, 1.165) is 12.2 Å². The number of aromatic nitrogens is 2. The Morgan fingerprint density at radius 1 is 1.39 bits per heavy atom. The second kappa shape index (κ2) is 5.82. The number of hydrogen-bond donors (Lipinski definition) is 1. The number of hydrogen-bond acceptors (Lipinski definition) is 5. The van der Waals surface area contributed by atoms with Crippen molar-refractivity contribution in [2.75, 3.05) is 5.32 Å². The third-order valence-corrected chi connectivity index (χ3v) is 2.95. The van der Waals surface area contributed by atoms with E-state index in [2.05, 4.69) is 32.1 Å². The van der Waals surface area contributed by atoms with Crippen molar-refractivity contribution in [1.82, 2.24) is 9.97 Å². The third kappa shape index (κ3) is 3.70. The number of nitrogens with one attached hydrogen (secondary N) is 1. The lowest BCUT2D eigenvalue weighted by Gasteiger charge is -2.11. The van der Waals surface area contributed by atoms with Crippen molar-refractivity contribution in [3.63, 3.8) is 0 Å². The number of rotatable bonds is 5. The summed E-state index contributed by atoms with van der Waals surface area (Å²) in [4.78, 5) is 8.67. The first-order chi connectivity index (χ1) is 8.63. The van der Waals surface area contributed by atoms with Gasteiger partial charge in [0, 0.05) is 18.3 Å². The highest BCUT2D eigenvalue weighted by Gasteiger charge is 2.05. The largest absolute Gasteiger partial charge is 0.475 e. The van der Waals surface area contributed by atoms with Crippen molar-refractivity contribution in [2.45, 2.75) is 33.4 Å².